The second-order valence-electron chi connectivity index (χ2n) is 2.04. The van der Waals surface area contributed by atoms with E-state index in [0.29, 0.717) is 6.54 Å². The van der Waals surface area contributed by atoms with E-state index >= 15 is 0 Å². The van der Waals surface area contributed by atoms with E-state index in [1.54, 1.807) is 11.2 Å². The van der Waals surface area contributed by atoms with Gasteiger partial charge in [-0.3, -0.25) is 9.79 Å². The Morgan fingerprint density at radius 1 is 1.89 bits per heavy atom. The molecule has 0 aromatic carbocycles. The van der Waals surface area contributed by atoms with Crippen LogP contribution in [0.2, 0.25) is 0 Å². The van der Waals surface area contributed by atoms with E-state index in [0.717, 1.165) is 13.0 Å². The summed E-state index contributed by atoms with van der Waals surface area (Å²) in [6.07, 6.45) is 2.61. The fourth-order valence-corrected chi connectivity index (χ4v) is 0.796. The number of hydrogen-bond donors (Lipinski definition) is 0. The van der Waals surface area contributed by atoms with Gasteiger partial charge in [-0.15, -0.1) is 0 Å². The number of carbonyl (C=O) groups excluding carboxylic acids is 1. The summed E-state index contributed by atoms with van der Waals surface area (Å²) in [4.78, 5) is 16.2. The summed E-state index contributed by atoms with van der Waals surface area (Å²) in [5.41, 5.74) is 0. The highest BCUT2D eigenvalue weighted by atomic mass is 16.2. The Balaban J connectivity index is 2.40. The van der Waals surface area contributed by atoms with Gasteiger partial charge in [-0.1, -0.05) is 6.92 Å². The first-order valence-corrected chi connectivity index (χ1v) is 3.14. The third kappa shape index (κ3) is 1.28. The SMILES string of the molecule is CCCN1C=NCC1=O. The van der Waals surface area contributed by atoms with Crippen molar-refractivity contribution in [1.29, 1.82) is 0 Å². The van der Waals surface area contributed by atoms with Gasteiger partial charge in [0.2, 0.25) is 5.91 Å². The molecule has 0 aromatic heterocycles. The Bertz CT molecular complexity index is 142. The Hall–Kier alpha value is -0.860. The lowest BCUT2D eigenvalue weighted by atomic mass is 10.4. The first-order chi connectivity index (χ1) is 4.34. The minimum atomic E-state index is 0.122. The van der Waals surface area contributed by atoms with E-state index in [4.69, 9.17) is 0 Å². The quantitative estimate of drug-likeness (QED) is 0.522. The van der Waals surface area contributed by atoms with Gasteiger partial charge in [0.25, 0.3) is 0 Å². The van der Waals surface area contributed by atoms with Gasteiger partial charge in [0.15, 0.2) is 0 Å². The van der Waals surface area contributed by atoms with Crippen LogP contribution in [-0.4, -0.2) is 30.2 Å². The zero-order valence-electron chi connectivity index (χ0n) is 5.50. The lowest BCUT2D eigenvalue weighted by Gasteiger charge is -2.08. The van der Waals surface area contributed by atoms with Crippen LogP contribution >= 0.6 is 0 Å². The van der Waals surface area contributed by atoms with Gasteiger partial charge in [0, 0.05) is 6.54 Å². The molecule has 3 nitrogen and oxygen atoms in total. The zero-order valence-corrected chi connectivity index (χ0v) is 5.50. The molecule has 1 amide bonds. The molecular formula is C6H10N2O. The van der Waals surface area contributed by atoms with Crippen LogP contribution in [0.5, 0.6) is 0 Å². The second-order valence-corrected chi connectivity index (χ2v) is 2.04. The molecule has 1 aliphatic heterocycles. The fraction of sp³-hybridized carbons (Fsp3) is 0.667. The monoisotopic (exact) mass is 126 g/mol. The zero-order chi connectivity index (χ0) is 6.69. The number of hydrogen-bond acceptors (Lipinski definition) is 2. The summed E-state index contributed by atoms with van der Waals surface area (Å²) in [7, 11) is 0. The van der Waals surface area contributed by atoms with E-state index in [1.807, 2.05) is 6.92 Å². The number of aliphatic imine (C=N–C) groups is 1. The standard InChI is InChI=1S/C6H10N2O/c1-2-3-8-5-7-4-6(8)9/h5H,2-4H2,1H3. The van der Waals surface area contributed by atoms with Crippen LogP contribution < -0.4 is 0 Å². The van der Waals surface area contributed by atoms with Gasteiger partial charge in [0.05, 0.1) is 6.34 Å². The van der Waals surface area contributed by atoms with Crippen LogP contribution in [0.3, 0.4) is 0 Å². The lowest BCUT2D eigenvalue weighted by molar-refractivity contribution is -0.124. The maximum Gasteiger partial charge on any atom is 0.249 e. The van der Waals surface area contributed by atoms with Crippen molar-refractivity contribution in [2.24, 2.45) is 4.99 Å². The molecule has 0 atom stereocenters. The summed E-state index contributed by atoms with van der Waals surface area (Å²) in [6, 6.07) is 0. The van der Waals surface area contributed by atoms with E-state index < -0.39 is 0 Å². The van der Waals surface area contributed by atoms with Crippen molar-refractivity contribution in [2.45, 2.75) is 13.3 Å². The molecule has 0 N–H and O–H groups in total. The minimum Gasteiger partial charge on any atom is -0.302 e. The third-order valence-electron chi connectivity index (χ3n) is 1.23. The third-order valence-corrected chi connectivity index (χ3v) is 1.23. The van der Waals surface area contributed by atoms with Gasteiger partial charge in [-0.25, -0.2) is 0 Å². The second kappa shape index (κ2) is 2.62. The van der Waals surface area contributed by atoms with E-state index in [9.17, 15) is 4.79 Å². The molecule has 0 radical (unpaired) electrons. The largest absolute Gasteiger partial charge is 0.302 e. The topological polar surface area (TPSA) is 32.7 Å². The van der Waals surface area contributed by atoms with E-state index in [-0.39, 0.29) is 5.91 Å². The average molecular weight is 126 g/mol. The Morgan fingerprint density at radius 2 is 2.67 bits per heavy atom. The van der Waals surface area contributed by atoms with Crippen LogP contribution in [0.15, 0.2) is 4.99 Å². The maximum atomic E-state index is 10.8. The predicted molar refractivity (Wildman–Crippen MR) is 35.4 cm³/mol. The summed E-state index contributed by atoms with van der Waals surface area (Å²) >= 11 is 0. The highest BCUT2D eigenvalue weighted by Gasteiger charge is 2.13. The molecule has 0 unspecified atom stereocenters. The molecule has 0 saturated heterocycles. The van der Waals surface area contributed by atoms with Crippen molar-refractivity contribution in [1.82, 2.24) is 4.90 Å². The minimum absolute atomic E-state index is 0.122. The molecular weight excluding hydrogens is 116 g/mol. The van der Waals surface area contributed by atoms with Crippen molar-refractivity contribution < 1.29 is 4.79 Å². The Labute approximate surface area is 54.4 Å². The molecule has 0 bridgehead atoms. The van der Waals surface area contributed by atoms with E-state index in [1.165, 1.54) is 0 Å². The van der Waals surface area contributed by atoms with Gasteiger partial charge in [0.1, 0.15) is 6.54 Å². The van der Waals surface area contributed by atoms with Crippen LogP contribution in [0, 0.1) is 0 Å². The van der Waals surface area contributed by atoms with Gasteiger partial charge >= 0.3 is 0 Å². The molecule has 1 heterocycles. The van der Waals surface area contributed by atoms with Gasteiger partial charge < -0.3 is 4.90 Å². The first kappa shape index (κ1) is 6.26. The van der Waals surface area contributed by atoms with Crippen molar-refractivity contribution >= 4 is 12.2 Å². The Kier molecular flexibility index (Phi) is 1.82. The van der Waals surface area contributed by atoms with E-state index in [2.05, 4.69) is 4.99 Å². The average Bonchev–Trinajstić information content (AvgIpc) is 2.18. The summed E-state index contributed by atoms with van der Waals surface area (Å²) < 4.78 is 0. The van der Waals surface area contributed by atoms with Crippen molar-refractivity contribution in [3.05, 3.63) is 0 Å². The van der Waals surface area contributed by atoms with Crippen molar-refractivity contribution in [3.63, 3.8) is 0 Å². The molecule has 1 aliphatic rings. The van der Waals surface area contributed by atoms with Crippen LogP contribution in [0.1, 0.15) is 13.3 Å². The maximum absolute atomic E-state index is 10.8. The number of amides is 1. The summed E-state index contributed by atoms with van der Waals surface area (Å²) in [6.45, 7) is 3.20. The van der Waals surface area contributed by atoms with Crippen molar-refractivity contribution in [3.8, 4) is 0 Å². The molecule has 50 valence electrons. The lowest BCUT2D eigenvalue weighted by Crippen LogP contribution is -2.26. The highest BCUT2D eigenvalue weighted by molar-refractivity contribution is 5.93. The first-order valence-electron chi connectivity index (χ1n) is 3.14. The van der Waals surface area contributed by atoms with Gasteiger partial charge in [-0.05, 0) is 6.42 Å². The molecule has 9 heavy (non-hydrogen) atoms. The normalized spacial score (nSPS) is 17.4. The smallest absolute Gasteiger partial charge is 0.249 e. The summed E-state index contributed by atoms with van der Waals surface area (Å²) in [5.74, 6) is 0.122. The number of rotatable bonds is 2. The molecule has 1 rings (SSSR count). The van der Waals surface area contributed by atoms with Gasteiger partial charge in [-0.2, -0.15) is 0 Å². The van der Waals surface area contributed by atoms with Crippen molar-refractivity contribution in [2.75, 3.05) is 13.1 Å². The molecule has 0 spiro atoms. The molecule has 0 fully saturated rings. The molecule has 0 aliphatic carbocycles. The number of carbonyl (C=O) groups is 1. The predicted octanol–water partition coefficient (Wildman–Crippen LogP) is 0.267. The fourth-order valence-electron chi connectivity index (χ4n) is 0.796. The summed E-state index contributed by atoms with van der Waals surface area (Å²) in [5, 5.41) is 0. The van der Waals surface area contributed by atoms with Crippen LogP contribution in [0.4, 0.5) is 0 Å². The number of nitrogens with zero attached hydrogens (tertiary/aromatic N) is 2. The molecule has 0 saturated carbocycles. The molecule has 3 heteroatoms. The van der Waals surface area contributed by atoms with Crippen LogP contribution in [-0.2, 0) is 4.79 Å². The highest BCUT2D eigenvalue weighted by Crippen LogP contribution is 1.95. The van der Waals surface area contributed by atoms with Crippen LogP contribution in [0.25, 0.3) is 0 Å². The molecule has 0 aromatic rings. The Morgan fingerprint density at radius 3 is 3.11 bits per heavy atom.